The monoisotopic (exact) mass is 255 g/mol. The molecule has 1 N–H and O–H groups in total. The molecule has 1 rings (SSSR count). The van der Waals surface area contributed by atoms with E-state index in [1.807, 2.05) is 0 Å². The molecule has 7 heteroatoms. The van der Waals surface area contributed by atoms with Crippen molar-refractivity contribution in [3.8, 4) is 0 Å². The highest BCUT2D eigenvalue weighted by Crippen LogP contribution is 2.21. The molecule has 0 amide bonds. The van der Waals surface area contributed by atoms with Gasteiger partial charge in [0.1, 0.15) is 0 Å². The molecule has 0 aliphatic carbocycles. The molecule has 1 aliphatic heterocycles. The van der Waals surface area contributed by atoms with Gasteiger partial charge in [0.2, 0.25) is 10.0 Å². The fourth-order valence-electron chi connectivity index (χ4n) is 1.26. The van der Waals surface area contributed by atoms with Crippen LogP contribution >= 0.6 is 11.6 Å². The Bertz CT molecular complexity index is 335. The van der Waals surface area contributed by atoms with Gasteiger partial charge in [-0.3, -0.25) is 4.79 Å². The molecule has 0 aromatic rings. The second-order valence-electron chi connectivity index (χ2n) is 3.74. The highest BCUT2D eigenvalue weighted by molar-refractivity contribution is 7.89. The molecule has 1 atom stereocenters. The van der Waals surface area contributed by atoms with Gasteiger partial charge < -0.3 is 5.11 Å². The number of nitrogens with zero attached hydrogens (tertiary/aromatic N) is 1. The van der Waals surface area contributed by atoms with Crippen LogP contribution in [0.2, 0.25) is 0 Å². The summed E-state index contributed by atoms with van der Waals surface area (Å²) >= 11 is 5.65. The minimum atomic E-state index is -3.30. The number of rotatable bonds is 5. The van der Waals surface area contributed by atoms with Gasteiger partial charge in [0.05, 0.1) is 11.7 Å². The Labute approximate surface area is 94.1 Å². The third-order valence-corrected chi connectivity index (χ3v) is 4.42. The van der Waals surface area contributed by atoms with Crippen LogP contribution in [0.3, 0.4) is 0 Å². The Morgan fingerprint density at radius 3 is 2.53 bits per heavy atom. The van der Waals surface area contributed by atoms with Crippen molar-refractivity contribution < 1.29 is 18.3 Å². The second-order valence-corrected chi connectivity index (χ2v) is 6.57. The quantitative estimate of drug-likeness (QED) is 0.720. The van der Waals surface area contributed by atoms with E-state index in [9.17, 15) is 13.2 Å². The van der Waals surface area contributed by atoms with Crippen LogP contribution in [0.15, 0.2) is 0 Å². The first kappa shape index (κ1) is 12.7. The minimum Gasteiger partial charge on any atom is -0.481 e. The van der Waals surface area contributed by atoms with E-state index in [1.54, 1.807) is 6.92 Å². The predicted molar refractivity (Wildman–Crippen MR) is 56.4 cm³/mol. The van der Waals surface area contributed by atoms with E-state index >= 15 is 0 Å². The Balaban J connectivity index is 2.42. The van der Waals surface area contributed by atoms with Crippen LogP contribution in [-0.2, 0) is 14.8 Å². The second kappa shape index (κ2) is 4.67. The zero-order chi connectivity index (χ0) is 11.6. The SMILES string of the molecule is CC(Cl)CCS(=O)(=O)N1CC(C(=O)O)C1. The van der Waals surface area contributed by atoms with Crippen molar-refractivity contribution in [3.05, 3.63) is 0 Å². The third-order valence-electron chi connectivity index (χ3n) is 2.36. The number of carboxylic acids is 1. The maximum atomic E-state index is 11.6. The summed E-state index contributed by atoms with van der Waals surface area (Å²) in [6.45, 7) is 1.91. The molecule has 0 saturated carbocycles. The van der Waals surface area contributed by atoms with Gasteiger partial charge in [-0.25, -0.2) is 12.7 Å². The molecule has 1 saturated heterocycles. The van der Waals surface area contributed by atoms with Gasteiger partial charge in [0, 0.05) is 18.5 Å². The lowest BCUT2D eigenvalue weighted by Crippen LogP contribution is -2.53. The van der Waals surface area contributed by atoms with Crippen LogP contribution < -0.4 is 0 Å². The summed E-state index contributed by atoms with van der Waals surface area (Å²) in [5, 5.41) is 8.41. The van der Waals surface area contributed by atoms with Gasteiger partial charge in [-0.2, -0.15) is 0 Å². The molecule has 5 nitrogen and oxygen atoms in total. The Morgan fingerprint density at radius 2 is 2.13 bits per heavy atom. The molecule has 0 aromatic carbocycles. The van der Waals surface area contributed by atoms with Crippen LogP contribution in [0.5, 0.6) is 0 Å². The molecule has 0 spiro atoms. The van der Waals surface area contributed by atoms with Crippen molar-refractivity contribution in [1.29, 1.82) is 0 Å². The Morgan fingerprint density at radius 1 is 1.60 bits per heavy atom. The number of alkyl halides is 1. The van der Waals surface area contributed by atoms with Crippen LogP contribution in [-0.4, -0.2) is 48.0 Å². The van der Waals surface area contributed by atoms with Crippen molar-refractivity contribution in [1.82, 2.24) is 4.31 Å². The van der Waals surface area contributed by atoms with E-state index in [4.69, 9.17) is 16.7 Å². The molecule has 1 aliphatic rings. The molecular weight excluding hydrogens is 242 g/mol. The maximum Gasteiger partial charge on any atom is 0.309 e. The topological polar surface area (TPSA) is 74.7 Å². The zero-order valence-electron chi connectivity index (χ0n) is 8.39. The molecule has 0 bridgehead atoms. The number of carbonyl (C=O) groups is 1. The lowest BCUT2D eigenvalue weighted by atomic mass is 10.0. The van der Waals surface area contributed by atoms with E-state index in [0.717, 1.165) is 0 Å². The molecule has 15 heavy (non-hydrogen) atoms. The molecule has 1 heterocycles. The van der Waals surface area contributed by atoms with Crippen LogP contribution in [0, 0.1) is 5.92 Å². The van der Waals surface area contributed by atoms with Gasteiger partial charge >= 0.3 is 5.97 Å². The fraction of sp³-hybridized carbons (Fsp3) is 0.875. The van der Waals surface area contributed by atoms with E-state index in [-0.39, 0.29) is 24.2 Å². The van der Waals surface area contributed by atoms with Crippen molar-refractivity contribution >= 4 is 27.6 Å². The van der Waals surface area contributed by atoms with Crippen molar-refractivity contribution in [3.63, 3.8) is 0 Å². The Kier molecular flexibility index (Phi) is 3.97. The van der Waals surface area contributed by atoms with E-state index in [0.29, 0.717) is 6.42 Å². The molecule has 1 fully saturated rings. The summed E-state index contributed by atoms with van der Waals surface area (Å²) in [6.07, 6.45) is 0.387. The van der Waals surface area contributed by atoms with E-state index in [1.165, 1.54) is 4.31 Å². The molecular formula is C8H14ClNO4S. The Hall–Kier alpha value is -0.330. The average molecular weight is 256 g/mol. The van der Waals surface area contributed by atoms with Gasteiger partial charge in [-0.1, -0.05) is 0 Å². The van der Waals surface area contributed by atoms with Crippen molar-refractivity contribution in [2.75, 3.05) is 18.8 Å². The molecule has 1 unspecified atom stereocenters. The highest BCUT2D eigenvalue weighted by Gasteiger charge is 2.39. The number of carboxylic acid groups (broad SMARTS) is 1. The number of hydrogen-bond acceptors (Lipinski definition) is 3. The number of hydrogen-bond donors (Lipinski definition) is 1. The smallest absolute Gasteiger partial charge is 0.309 e. The van der Waals surface area contributed by atoms with Gasteiger partial charge in [-0.15, -0.1) is 11.6 Å². The van der Waals surface area contributed by atoms with Crippen molar-refractivity contribution in [2.24, 2.45) is 5.92 Å². The zero-order valence-corrected chi connectivity index (χ0v) is 9.96. The van der Waals surface area contributed by atoms with Gasteiger partial charge in [0.25, 0.3) is 0 Å². The number of sulfonamides is 1. The van der Waals surface area contributed by atoms with Gasteiger partial charge in [-0.05, 0) is 13.3 Å². The summed E-state index contributed by atoms with van der Waals surface area (Å²) < 4.78 is 24.3. The van der Waals surface area contributed by atoms with Crippen LogP contribution in [0.25, 0.3) is 0 Å². The summed E-state index contributed by atoms with van der Waals surface area (Å²) in [4.78, 5) is 10.5. The predicted octanol–water partition coefficient (Wildman–Crippen LogP) is 0.350. The summed E-state index contributed by atoms with van der Waals surface area (Å²) in [7, 11) is -3.30. The largest absolute Gasteiger partial charge is 0.481 e. The van der Waals surface area contributed by atoms with Gasteiger partial charge in [0.15, 0.2) is 0 Å². The summed E-state index contributed by atoms with van der Waals surface area (Å²) in [5.74, 6) is -1.50. The first-order valence-corrected chi connectivity index (χ1v) is 6.72. The maximum absolute atomic E-state index is 11.6. The number of aliphatic carboxylic acids is 1. The average Bonchev–Trinajstić information content (AvgIpc) is 1.96. The first-order valence-electron chi connectivity index (χ1n) is 4.67. The van der Waals surface area contributed by atoms with Crippen LogP contribution in [0.1, 0.15) is 13.3 Å². The summed E-state index contributed by atoms with van der Waals surface area (Å²) in [5.41, 5.74) is 0. The first-order chi connectivity index (χ1) is 6.83. The normalized spacial score (nSPS) is 20.9. The third kappa shape index (κ3) is 3.32. The van der Waals surface area contributed by atoms with Crippen molar-refractivity contribution in [2.45, 2.75) is 18.7 Å². The minimum absolute atomic E-state index is 0.00991. The lowest BCUT2D eigenvalue weighted by Gasteiger charge is -2.35. The lowest BCUT2D eigenvalue weighted by molar-refractivity contribution is -0.145. The fourth-order valence-corrected chi connectivity index (χ4v) is 3.22. The molecule has 0 aromatic heterocycles. The standard InChI is InChI=1S/C8H14ClNO4S/c1-6(9)2-3-15(13,14)10-4-7(5-10)8(11)12/h6-7H,2-5H2,1H3,(H,11,12). The van der Waals surface area contributed by atoms with E-state index in [2.05, 4.69) is 0 Å². The van der Waals surface area contributed by atoms with E-state index < -0.39 is 21.9 Å². The summed E-state index contributed by atoms with van der Waals surface area (Å²) in [6, 6.07) is 0. The number of halogens is 1. The highest BCUT2D eigenvalue weighted by atomic mass is 35.5. The molecule has 88 valence electrons. The van der Waals surface area contributed by atoms with Crippen LogP contribution in [0.4, 0.5) is 0 Å². The molecule has 0 radical (unpaired) electrons.